The molecule has 3 amide bonds. The number of amides is 3. The van der Waals surface area contributed by atoms with Crippen LogP contribution in [-0.2, 0) is 60.0 Å². The molecule has 4 aromatic carbocycles. The first kappa shape index (κ1) is 37.1. The van der Waals surface area contributed by atoms with Gasteiger partial charge in [0, 0.05) is 57.9 Å². The number of nitrogens with zero attached hydrogens (tertiary/aromatic N) is 3. The zero-order valence-electron chi connectivity index (χ0n) is 26.6. The van der Waals surface area contributed by atoms with Crippen LogP contribution in [0.5, 0.6) is 0 Å². The van der Waals surface area contributed by atoms with Gasteiger partial charge >= 0.3 is 6.09 Å². The minimum absolute atomic E-state index is 0. The monoisotopic (exact) mass is 708 g/mol. The molecule has 0 spiro atoms. The van der Waals surface area contributed by atoms with Gasteiger partial charge in [-0.15, -0.1) is 12.1 Å². The predicted molar refractivity (Wildman–Crippen MR) is 182 cm³/mol. The van der Waals surface area contributed by atoms with E-state index in [1.165, 1.54) is 5.56 Å². The number of carbonyl (C=O) groups excluding carboxylic acids is 3. The second-order valence-electron chi connectivity index (χ2n) is 10.6. The molecule has 2 N–H and O–H groups in total. The van der Waals surface area contributed by atoms with E-state index in [0.717, 1.165) is 35.5 Å². The van der Waals surface area contributed by atoms with Crippen LogP contribution in [0.25, 0.3) is 0 Å². The Hall–Kier alpha value is -4.34. The van der Waals surface area contributed by atoms with E-state index < -0.39 is 0 Å². The SMILES string of the molecule is O=C1CCN(c2ccccc2)N1.O=C1CN(c2ccccc2)CN1.O=C1OCCN1Cc1ccccc1.[CH2-]Cc1ccccc1[CH2-].[Y]. The smallest absolute Gasteiger partial charge is 0.410 e. The molecule has 0 bridgehead atoms. The number of anilines is 2. The first-order valence-electron chi connectivity index (χ1n) is 15.3. The fourth-order valence-corrected chi connectivity index (χ4v) is 4.74. The normalized spacial score (nSPS) is 14.6. The summed E-state index contributed by atoms with van der Waals surface area (Å²) in [7, 11) is 0. The van der Waals surface area contributed by atoms with Gasteiger partial charge in [0.2, 0.25) is 11.8 Å². The third-order valence-electron chi connectivity index (χ3n) is 7.26. The number of para-hydroxylation sites is 2. The Morgan fingerprint density at radius 1 is 0.723 bits per heavy atom. The van der Waals surface area contributed by atoms with Crippen molar-refractivity contribution in [3.8, 4) is 0 Å². The first-order valence-corrected chi connectivity index (χ1v) is 15.3. The van der Waals surface area contributed by atoms with E-state index in [2.05, 4.69) is 30.7 Å². The number of rotatable bonds is 5. The Balaban J connectivity index is 0.000000170. The van der Waals surface area contributed by atoms with Crippen LogP contribution in [0.4, 0.5) is 16.2 Å². The molecule has 3 heterocycles. The summed E-state index contributed by atoms with van der Waals surface area (Å²) in [6, 6.07) is 37.7. The zero-order valence-corrected chi connectivity index (χ0v) is 29.4. The fourth-order valence-electron chi connectivity index (χ4n) is 4.74. The summed E-state index contributed by atoms with van der Waals surface area (Å²) in [5.74, 6) is 0.192. The Kier molecular flexibility index (Phi) is 15.8. The summed E-state index contributed by atoms with van der Waals surface area (Å²) in [6.07, 6.45) is 1.22. The molecule has 3 aliphatic rings. The van der Waals surface area contributed by atoms with Gasteiger partial charge in [-0.3, -0.25) is 20.0 Å². The second kappa shape index (κ2) is 20.0. The van der Waals surface area contributed by atoms with E-state index in [1.807, 2.05) is 119 Å². The average molecular weight is 709 g/mol. The van der Waals surface area contributed by atoms with Crippen molar-refractivity contribution >= 4 is 29.3 Å². The number of hydrogen-bond donors (Lipinski definition) is 2. The van der Waals surface area contributed by atoms with Crippen molar-refractivity contribution in [2.75, 3.05) is 42.8 Å². The molecule has 0 saturated carbocycles. The molecule has 9 nitrogen and oxygen atoms in total. The van der Waals surface area contributed by atoms with Crippen LogP contribution in [0.2, 0.25) is 0 Å². The van der Waals surface area contributed by atoms with Crippen molar-refractivity contribution in [2.45, 2.75) is 19.4 Å². The molecule has 1 radical (unpaired) electrons. The van der Waals surface area contributed by atoms with Crippen LogP contribution in [-0.4, -0.2) is 55.7 Å². The Labute approximate surface area is 303 Å². The molecule has 47 heavy (non-hydrogen) atoms. The van der Waals surface area contributed by atoms with Gasteiger partial charge in [0.1, 0.15) is 6.61 Å². The standard InChI is InChI=1S/C10H11NO2.2C9H10N2O.C9H10.Y/c12-10-11(6-7-13-10)8-9-4-2-1-3-5-9;12-9-6-11(7-10-9)8-4-2-1-3-5-8;12-9-6-7-11(10-9)8-4-2-1-3-5-8;1-3-9-7-5-4-6-8(9)2;/h1-5H,6-8H2;2*1-5H,6-7H2,(H,10,12);4-7H,1-3H2;/q;;;-2;. The number of nitrogens with one attached hydrogen (secondary N) is 2. The molecular weight excluding hydrogens is 667 g/mol. The minimum atomic E-state index is -0.205. The molecule has 0 atom stereocenters. The zero-order chi connectivity index (χ0) is 32.6. The molecule has 10 heteroatoms. The first-order chi connectivity index (χ1) is 22.4. The molecule has 4 aromatic rings. The van der Waals surface area contributed by atoms with Gasteiger partial charge in [-0.1, -0.05) is 72.8 Å². The maximum Gasteiger partial charge on any atom is 0.410 e. The van der Waals surface area contributed by atoms with Crippen molar-refractivity contribution in [3.63, 3.8) is 0 Å². The van der Waals surface area contributed by atoms with Gasteiger partial charge in [-0.2, -0.15) is 24.1 Å². The van der Waals surface area contributed by atoms with Gasteiger partial charge in [0.25, 0.3) is 0 Å². The minimum Gasteiger partial charge on any atom is -0.448 e. The van der Waals surface area contributed by atoms with E-state index >= 15 is 0 Å². The van der Waals surface area contributed by atoms with E-state index in [0.29, 0.717) is 39.3 Å². The van der Waals surface area contributed by atoms with Crippen LogP contribution in [0, 0.1) is 13.8 Å². The number of ether oxygens (including phenoxy) is 1. The average Bonchev–Trinajstić information content (AvgIpc) is 3.85. The summed E-state index contributed by atoms with van der Waals surface area (Å²) in [4.78, 5) is 36.5. The van der Waals surface area contributed by atoms with Gasteiger partial charge in [0.15, 0.2) is 0 Å². The fraction of sp³-hybridized carbons (Fsp3) is 0.216. The molecule has 0 aromatic heterocycles. The number of hydrazine groups is 1. The molecular formula is C37H41N5O4Y-2. The van der Waals surface area contributed by atoms with Gasteiger partial charge in [0.05, 0.1) is 25.4 Å². The summed E-state index contributed by atoms with van der Waals surface area (Å²) in [5.41, 5.74) is 8.37. The van der Waals surface area contributed by atoms with Gasteiger partial charge in [-0.05, 0) is 29.8 Å². The van der Waals surface area contributed by atoms with Crippen LogP contribution in [0.1, 0.15) is 23.1 Å². The van der Waals surface area contributed by atoms with Crippen molar-refractivity contribution in [1.82, 2.24) is 15.6 Å². The molecule has 0 unspecified atom stereocenters. The molecule has 3 fully saturated rings. The molecule has 0 aliphatic carbocycles. The topological polar surface area (TPSA) is 94.2 Å². The summed E-state index contributed by atoms with van der Waals surface area (Å²) in [5, 5.41) is 4.62. The van der Waals surface area contributed by atoms with Crippen LogP contribution >= 0.6 is 0 Å². The Morgan fingerprint density at radius 3 is 1.81 bits per heavy atom. The van der Waals surface area contributed by atoms with Gasteiger partial charge < -0.3 is 26.8 Å². The maximum absolute atomic E-state index is 11.1. The van der Waals surface area contributed by atoms with E-state index in [9.17, 15) is 14.4 Å². The van der Waals surface area contributed by atoms with Crippen LogP contribution in [0.15, 0.2) is 115 Å². The van der Waals surface area contributed by atoms with E-state index in [4.69, 9.17) is 4.74 Å². The largest absolute Gasteiger partial charge is 0.448 e. The van der Waals surface area contributed by atoms with Crippen LogP contribution < -0.4 is 20.7 Å². The van der Waals surface area contributed by atoms with Crippen molar-refractivity contribution in [3.05, 3.63) is 146 Å². The molecule has 243 valence electrons. The van der Waals surface area contributed by atoms with Gasteiger partial charge in [-0.25, -0.2) is 11.2 Å². The second-order valence-corrected chi connectivity index (χ2v) is 10.6. The Morgan fingerprint density at radius 2 is 1.32 bits per heavy atom. The van der Waals surface area contributed by atoms with E-state index in [1.54, 1.807) is 4.90 Å². The molecule has 3 aliphatic heterocycles. The summed E-state index contributed by atoms with van der Waals surface area (Å²) in [6.45, 7) is 11.4. The number of carbonyl (C=O) groups is 3. The maximum atomic E-state index is 11.1. The number of cyclic esters (lactones) is 1. The van der Waals surface area contributed by atoms with E-state index in [-0.39, 0.29) is 50.6 Å². The third-order valence-corrected chi connectivity index (χ3v) is 7.26. The summed E-state index contributed by atoms with van der Waals surface area (Å²) >= 11 is 0. The number of benzene rings is 4. The number of hydrogen-bond acceptors (Lipinski definition) is 6. The van der Waals surface area contributed by atoms with Crippen LogP contribution in [0.3, 0.4) is 0 Å². The molecule has 7 rings (SSSR count). The third kappa shape index (κ3) is 12.4. The predicted octanol–water partition coefficient (Wildman–Crippen LogP) is 5.39. The van der Waals surface area contributed by atoms with Crippen molar-refractivity contribution in [1.29, 1.82) is 0 Å². The Bertz CT molecular complexity index is 1460. The summed E-state index contributed by atoms with van der Waals surface area (Å²) < 4.78 is 4.82. The van der Waals surface area contributed by atoms with Crippen molar-refractivity contribution < 1.29 is 51.8 Å². The molecule has 3 saturated heterocycles. The quantitative estimate of drug-likeness (QED) is 0.271. The van der Waals surface area contributed by atoms with Crippen molar-refractivity contribution in [2.24, 2.45) is 0 Å².